The number of nitrogens with zero attached hydrogens (tertiary/aromatic N) is 4. The molecule has 32 heavy (non-hydrogen) atoms. The van der Waals surface area contributed by atoms with Gasteiger partial charge in [0.1, 0.15) is 0 Å². The van der Waals surface area contributed by atoms with Crippen molar-refractivity contribution >= 4 is 23.2 Å². The van der Waals surface area contributed by atoms with E-state index >= 15 is 0 Å². The highest BCUT2D eigenvalue weighted by molar-refractivity contribution is 6.01. The quantitative estimate of drug-likeness (QED) is 0.654. The lowest BCUT2D eigenvalue weighted by Crippen LogP contribution is -2.56. The Kier molecular flexibility index (Phi) is 5.37. The van der Waals surface area contributed by atoms with Crippen molar-refractivity contribution in [2.45, 2.75) is 50.5 Å². The van der Waals surface area contributed by atoms with E-state index in [-0.39, 0.29) is 21.4 Å². The summed E-state index contributed by atoms with van der Waals surface area (Å²) < 4.78 is 79.8. The molecular weight excluding hydrogens is 450 g/mol. The topological polar surface area (TPSA) is 106 Å². The van der Waals surface area contributed by atoms with Gasteiger partial charge >= 0.3 is 12.4 Å². The third-order valence-electron chi connectivity index (χ3n) is 4.92. The van der Waals surface area contributed by atoms with Crippen molar-refractivity contribution in [3.05, 3.63) is 35.4 Å². The van der Waals surface area contributed by atoms with E-state index in [1.165, 1.54) is 13.8 Å². The molecule has 174 valence electrons. The second-order valence-electron chi connectivity index (χ2n) is 7.46. The van der Waals surface area contributed by atoms with E-state index < -0.39 is 59.6 Å². The molecule has 2 unspecified atom stereocenters. The molecule has 14 heteroatoms. The van der Waals surface area contributed by atoms with Gasteiger partial charge in [0.25, 0.3) is 23.3 Å². The van der Waals surface area contributed by atoms with Crippen molar-refractivity contribution < 1.29 is 46.1 Å². The Labute approximate surface area is 176 Å². The van der Waals surface area contributed by atoms with Crippen LogP contribution in [0.25, 0.3) is 0 Å². The zero-order valence-corrected chi connectivity index (χ0v) is 16.5. The highest BCUT2D eigenvalue weighted by Crippen LogP contribution is 2.42. The minimum atomic E-state index is -5.21. The van der Waals surface area contributed by atoms with Crippen LogP contribution in [0.4, 0.5) is 26.3 Å². The van der Waals surface area contributed by atoms with Gasteiger partial charge in [0.2, 0.25) is 0 Å². The summed E-state index contributed by atoms with van der Waals surface area (Å²) >= 11 is 0. The lowest BCUT2D eigenvalue weighted by atomic mass is 10.0. The van der Waals surface area contributed by atoms with Gasteiger partial charge in [0.05, 0.1) is 0 Å². The Bertz CT molecular complexity index is 939. The number of hydrogen-bond donors (Lipinski definition) is 2. The molecule has 8 nitrogen and oxygen atoms in total. The molecular formula is C18H16F6N4O4. The van der Waals surface area contributed by atoms with Gasteiger partial charge in [-0.05, 0) is 38.1 Å². The van der Waals surface area contributed by atoms with Crippen molar-refractivity contribution in [3.63, 3.8) is 0 Å². The van der Waals surface area contributed by atoms with Crippen molar-refractivity contribution in [3.8, 4) is 0 Å². The standard InChI is InChI=1S/C18H16F6N4O4/c1-9-7-15(31,17(19,20)21)27(25-9)13(29)11-3-5-12(6-4-11)14(30)28-16(32,18(22,23)24)8-10(2)26-28/h3-6,31-32H,7-8H2,1-2H3. The maximum atomic E-state index is 13.3. The fourth-order valence-corrected chi connectivity index (χ4v) is 3.31. The molecule has 2 atom stereocenters. The maximum absolute atomic E-state index is 13.3. The molecule has 2 amide bonds. The van der Waals surface area contributed by atoms with Gasteiger partial charge in [0.15, 0.2) is 0 Å². The SMILES string of the molecule is CC1=NN(C(=O)c2ccc(C(=O)N3N=C(C)CC3(O)C(F)(F)F)cc2)C(O)(C(F)(F)F)C1. The number of halogens is 6. The van der Waals surface area contributed by atoms with Crippen LogP contribution in [-0.2, 0) is 0 Å². The van der Waals surface area contributed by atoms with E-state index in [2.05, 4.69) is 10.2 Å². The summed E-state index contributed by atoms with van der Waals surface area (Å²) in [6.45, 7) is 2.37. The predicted octanol–water partition coefficient (Wildman–Crippen LogP) is 2.63. The molecule has 2 N–H and O–H groups in total. The van der Waals surface area contributed by atoms with Crippen LogP contribution in [-0.4, -0.2) is 67.3 Å². The minimum Gasteiger partial charge on any atom is -0.362 e. The normalized spacial score (nSPS) is 26.3. The van der Waals surface area contributed by atoms with Crippen LogP contribution in [0, 0.1) is 0 Å². The summed E-state index contributed by atoms with van der Waals surface area (Å²) in [4.78, 5) is 25.0. The van der Waals surface area contributed by atoms with Gasteiger partial charge in [-0.15, -0.1) is 0 Å². The molecule has 0 spiro atoms. The summed E-state index contributed by atoms with van der Waals surface area (Å²) in [5, 5.41) is 26.6. The van der Waals surface area contributed by atoms with Crippen LogP contribution >= 0.6 is 0 Å². The Balaban J connectivity index is 1.88. The molecule has 1 aromatic carbocycles. The molecule has 0 radical (unpaired) electrons. The highest BCUT2D eigenvalue weighted by atomic mass is 19.4. The Morgan fingerprint density at radius 3 is 1.31 bits per heavy atom. The first kappa shape index (κ1) is 23.7. The number of benzene rings is 1. The summed E-state index contributed by atoms with van der Waals surface area (Å²) in [5.74, 6) is -2.69. The molecule has 0 saturated carbocycles. The molecule has 1 aromatic rings. The molecule has 2 aliphatic rings. The summed E-state index contributed by atoms with van der Waals surface area (Å²) in [6.07, 6.45) is -12.3. The molecule has 0 bridgehead atoms. The van der Waals surface area contributed by atoms with Crippen LogP contribution < -0.4 is 0 Å². The third kappa shape index (κ3) is 3.62. The van der Waals surface area contributed by atoms with Crippen molar-refractivity contribution in [2.24, 2.45) is 10.2 Å². The van der Waals surface area contributed by atoms with Gasteiger partial charge in [-0.3, -0.25) is 9.59 Å². The lowest BCUT2D eigenvalue weighted by Gasteiger charge is -2.33. The van der Waals surface area contributed by atoms with E-state index in [1.807, 2.05) is 0 Å². The zero-order valence-electron chi connectivity index (χ0n) is 16.5. The number of rotatable bonds is 2. The number of carbonyl (C=O) groups excluding carboxylic acids is 2. The molecule has 3 rings (SSSR count). The number of amides is 2. The average Bonchev–Trinajstić information content (AvgIpc) is 3.16. The first-order chi connectivity index (χ1) is 14.5. The second kappa shape index (κ2) is 7.27. The van der Waals surface area contributed by atoms with Gasteiger partial charge in [-0.2, -0.15) is 46.6 Å². The predicted molar refractivity (Wildman–Crippen MR) is 96.2 cm³/mol. The second-order valence-corrected chi connectivity index (χ2v) is 7.46. The van der Waals surface area contributed by atoms with Crippen LogP contribution in [0.1, 0.15) is 47.4 Å². The van der Waals surface area contributed by atoms with Crippen LogP contribution in [0.5, 0.6) is 0 Å². The fraction of sp³-hybridized carbons (Fsp3) is 0.444. The van der Waals surface area contributed by atoms with E-state index in [9.17, 15) is 46.1 Å². The van der Waals surface area contributed by atoms with Crippen LogP contribution in [0.2, 0.25) is 0 Å². The molecule has 0 fully saturated rings. The summed E-state index contributed by atoms with van der Waals surface area (Å²) in [6, 6.07) is 3.53. The maximum Gasteiger partial charge on any atom is 0.438 e. The fourth-order valence-electron chi connectivity index (χ4n) is 3.31. The van der Waals surface area contributed by atoms with Crippen LogP contribution in [0.15, 0.2) is 34.5 Å². The van der Waals surface area contributed by atoms with Gasteiger partial charge < -0.3 is 10.2 Å². The summed E-state index contributed by atoms with van der Waals surface area (Å²) in [7, 11) is 0. The molecule has 2 heterocycles. The van der Waals surface area contributed by atoms with Crippen molar-refractivity contribution in [1.82, 2.24) is 10.0 Å². The van der Waals surface area contributed by atoms with E-state index in [0.29, 0.717) is 0 Å². The van der Waals surface area contributed by atoms with E-state index in [4.69, 9.17) is 0 Å². The first-order valence-electron chi connectivity index (χ1n) is 8.97. The van der Waals surface area contributed by atoms with Gasteiger partial charge in [-0.1, -0.05) is 0 Å². The number of alkyl halides is 6. The van der Waals surface area contributed by atoms with Gasteiger partial charge in [-0.25, -0.2) is 0 Å². The number of hydrazone groups is 2. The van der Waals surface area contributed by atoms with E-state index in [1.54, 1.807) is 0 Å². The third-order valence-corrected chi connectivity index (χ3v) is 4.92. The number of hydrogen-bond acceptors (Lipinski definition) is 6. The molecule has 2 aliphatic heterocycles. The molecule has 0 aliphatic carbocycles. The number of aliphatic hydroxyl groups is 2. The van der Waals surface area contributed by atoms with E-state index in [0.717, 1.165) is 24.3 Å². The Hall–Kier alpha value is -3.00. The number of carbonyl (C=O) groups is 2. The summed E-state index contributed by atoms with van der Waals surface area (Å²) in [5.41, 5.74) is -8.27. The largest absolute Gasteiger partial charge is 0.438 e. The zero-order chi connectivity index (χ0) is 24.3. The Morgan fingerprint density at radius 2 is 1.06 bits per heavy atom. The Morgan fingerprint density at radius 1 is 0.781 bits per heavy atom. The highest BCUT2D eigenvalue weighted by Gasteiger charge is 2.63. The monoisotopic (exact) mass is 466 g/mol. The molecule has 0 saturated heterocycles. The van der Waals surface area contributed by atoms with Crippen LogP contribution in [0.3, 0.4) is 0 Å². The van der Waals surface area contributed by atoms with Gasteiger partial charge in [0, 0.05) is 35.4 Å². The molecule has 0 aromatic heterocycles. The average molecular weight is 466 g/mol. The van der Waals surface area contributed by atoms with Crippen molar-refractivity contribution in [2.75, 3.05) is 0 Å². The van der Waals surface area contributed by atoms with Crippen molar-refractivity contribution in [1.29, 1.82) is 0 Å². The minimum absolute atomic E-state index is 0.129. The smallest absolute Gasteiger partial charge is 0.362 e. The first-order valence-corrected chi connectivity index (χ1v) is 8.97. The lowest BCUT2D eigenvalue weighted by molar-refractivity contribution is -0.297.